The van der Waals surface area contributed by atoms with Crippen LogP contribution < -0.4 is 0 Å². The summed E-state index contributed by atoms with van der Waals surface area (Å²) in [6.45, 7) is 2.48. The van der Waals surface area contributed by atoms with Gasteiger partial charge in [-0.3, -0.25) is 4.79 Å². The number of carbonyl (C=O) groups excluding carboxylic acids is 1. The Hall–Kier alpha value is -0.710. The number of hydrogen-bond donors (Lipinski definition) is 1. The second-order valence-electron chi connectivity index (χ2n) is 6.42. The summed E-state index contributed by atoms with van der Waals surface area (Å²) < 4.78 is 12.6. The number of ether oxygens (including phenoxy) is 2. The minimum absolute atomic E-state index is 0. The standard InChI is InChI=1S/C10H12BrNO2.C5H3Br2N.C5H8O2.2CH4/c11-9-3-1-2-8(12-9)10(13)4-6-14-7-5-10;6-4-2-1-3-5(7)8-4;6-5-1-3-7-4-2-5;;/h1-3,13H,4-7H2;1-3H;1-4H2;2*1H4. The molecule has 4 heterocycles. The van der Waals surface area contributed by atoms with Crippen molar-refractivity contribution in [1.29, 1.82) is 0 Å². The summed E-state index contributed by atoms with van der Waals surface area (Å²) in [4.78, 5) is 18.7. The van der Waals surface area contributed by atoms with Crippen molar-refractivity contribution in [2.45, 2.75) is 46.1 Å². The lowest BCUT2D eigenvalue weighted by Gasteiger charge is -2.31. The number of pyridine rings is 2. The molecule has 0 spiro atoms. The van der Waals surface area contributed by atoms with E-state index in [9.17, 15) is 9.90 Å². The molecule has 6 nitrogen and oxygen atoms in total. The van der Waals surface area contributed by atoms with Crippen molar-refractivity contribution < 1.29 is 19.4 Å². The Morgan fingerprint density at radius 1 is 0.774 bits per heavy atom. The van der Waals surface area contributed by atoms with Gasteiger partial charge in [-0.1, -0.05) is 27.0 Å². The molecule has 2 aliphatic rings. The van der Waals surface area contributed by atoms with E-state index in [4.69, 9.17) is 9.47 Å². The number of aromatic nitrogens is 2. The van der Waals surface area contributed by atoms with E-state index < -0.39 is 5.60 Å². The monoisotopic (exact) mass is 624 g/mol. The molecule has 0 radical (unpaired) electrons. The maximum absolute atomic E-state index is 10.4. The average Bonchev–Trinajstić information content (AvgIpc) is 2.70. The topological polar surface area (TPSA) is 81.5 Å². The Labute approximate surface area is 210 Å². The van der Waals surface area contributed by atoms with Gasteiger partial charge in [-0.05, 0) is 72.1 Å². The second kappa shape index (κ2) is 16.0. The van der Waals surface area contributed by atoms with Crippen molar-refractivity contribution in [3.63, 3.8) is 0 Å². The molecular formula is C22H31Br3N2O4. The summed E-state index contributed by atoms with van der Waals surface area (Å²) >= 11 is 9.74. The molecule has 0 amide bonds. The van der Waals surface area contributed by atoms with E-state index >= 15 is 0 Å². The first-order valence-electron chi connectivity index (χ1n) is 9.20. The zero-order valence-electron chi connectivity index (χ0n) is 15.8. The van der Waals surface area contributed by atoms with Gasteiger partial charge in [-0.25, -0.2) is 9.97 Å². The van der Waals surface area contributed by atoms with E-state index in [1.165, 1.54) is 0 Å². The zero-order valence-corrected chi connectivity index (χ0v) is 20.6. The lowest BCUT2D eigenvalue weighted by molar-refractivity contribution is -0.124. The first-order chi connectivity index (χ1) is 13.9. The van der Waals surface area contributed by atoms with Crippen LogP contribution in [0.25, 0.3) is 0 Å². The fraction of sp³-hybridized carbons (Fsp3) is 0.500. The van der Waals surface area contributed by atoms with Gasteiger partial charge in [0, 0.05) is 38.9 Å². The fourth-order valence-corrected chi connectivity index (χ4v) is 3.88. The highest BCUT2D eigenvalue weighted by molar-refractivity contribution is 9.11. The second-order valence-corrected chi connectivity index (χ2v) is 8.86. The summed E-state index contributed by atoms with van der Waals surface area (Å²) in [5.74, 6) is 0.339. The minimum atomic E-state index is -0.804. The summed E-state index contributed by atoms with van der Waals surface area (Å²) in [6.07, 6.45) is 2.49. The number of Topliss-reactive ketones (excluding diaryl/α,β-unsaturated/α-hetero) is 1. The van der Waals surface area contributed by atoms with Crippen LogP contribution in [0.4, 0.5) is 0 Å². The summed E-state index contributed by atoms with van der Waals surface area (Å²) in [5.41, 5.74) is -0.0719. The third-order valence-corrected chi connectivity index (χ3v) is 5.57. The molecule has 9 heteroatoms. The molecule has 4 rings (SSSR count). The Bertz CT molecular complexity index is 762. The van der Waals surface area contributed by atoms with E-state index in [1.807, 2.05) is 36.4 Å². The molecule has 31 heavy (non-hydrogen) atoms. The SMILES string of the molecule is Brc1cccc(Br)n1.C.C.O=C1CCOCC1.OC1(c2cccc(Br)n2)CCOCC1. The smallest absolute Gasteiger partial charge is 0.137 e. The van der Waals surface area contributed by atoms with Crippen LogP contribution in [0.1, 0.15) is 46.2 Å². The quantitative estimate of drug-likeness (QED) is 0.386. The van der Waals surface area contributed by atoms with Crippen LogP contribution in [-0.2, 0) is 19.9 Å². The van der Waals surface area contributed by atoms with Gasteiger partial charge in [0.25, 0.3) is 0 Å². The van der Waals surface area contributed by atoms with E-state index in [0.717, 1.165) is 19.5 Å². The first kappa shape index (κ1) is 30.3. The van der Waals surface area contributed by atoms with Gasteiger partial charge < -0.3 is 14.6 Å². The molecule has 0 aromatic carbocycles. The van der Waals surface area contributed by atoms with E-state index in [1.54, 1.807) is 0 Å². The van der Waals surface area contributed by atoms with Gasteiger partial charge in [0.05, 0.1) is 18.9 Å². The van der Waals surface area contributed by atoms with Crippen molar-refractivity contribution in [2.24, 2.45) is 0 Å². The number of halogens is 3. The number of nitrogens with zero attached hydrogens (tertiary/aromatic N) is 2. The average molecular weight is 627 g/mol. The van der Waals surface area contributed by atoms with Crippen LogP contribution in [0, 0.1) is 0 Å². The third kappa shape index (κ3) is 11.6. The molecule has 0 unspecified atom stereocenters. The molecule has 0 bridgehead atoms. The number of aliphatic hydroxyl groups is 1. The number of ketones is 1. The van der Waals surface area contributed by atoms with Crippen LogP contribution in [0.2, 0.25) is 0 Å². The van der Waals surface area contributed by atoms with Crippen molar-refractivity contribution in [1.82, 2.24) is 9.97 Å². The highest BCUT2D eigenvalue weighted by Crippen LogP contribution is 2.30. The Morgan fingerprint density at radius 2 is 1.23 bits per heavy atom. The van der Waals surface area contributed by atoms with Gasteiger partial charge in [0.2, 0.25) is 0 Å². The zero-order chi connectivity index (χ0) is 21.1. The summed E-state index contributed by atoms with van der Waals surface area (Å²) in [7, 11) is 0. The molecule has 2 aromatic rings. The van der Waals surface area contributed by atoms with Crippen LogP contribution in [0.5, 0.6) is 0 Å². The Balaban J connectivity index is 0.000000457. The Morgan fingerprint density at radius 3 is 1.61 bits per heavy atom. The molecule has 2 aliphatic heterocycles. The number of carbonyl (C=O) groups is 1. The molecule has 0 atom stereocenters. The Kier molecular flexibility index (Phi) is 15.6. The van der Waals surface area contributed by atoms with Crippen LogP contribution in [-0.4, -0.2) is 47.3 Å². The van der Waals surface area contributed by atoms with Crippen molar-refractivity contribution >= 4 is 53.6 Å². The van der Waals surface area contributed by atoms with Crippen LogP contribution in [0.3, 0.4) is 0 Å². The van der Waals surface area contributed by atoms with E-state index in [2.05, 4.69) is 57.8 Å². The maximum atomic E-state index is 10.4. The van der Waals surface area contributed by atoms with E-state index in [0.29, 0.717) is 57.9 Å². The van der Waals surface area contributed by atoms with Gasteiger partial charge in [0.15, 0.2) is 0 Å². The van der Waals surface area contributed by atoms with Crippen LogP contribution >= 0.6 is 47.8 Å². The normalized spacial score (nSPS) is 16.8. The number of rotatable bonds is 1. The van der Waals surface area contributed by atoms with Gasteiger partial charge in [-0.15, -0.1) is 0 Å². The summed E-state index contributed by atoms with van der Waals surface area (Å²) in [6, 6.07) is 11.3. The third-order valence-electron chi connectivity index (χ3n) is 4.24. The highest BCUT2D eigenvalue weighted by Gasteiger charge is 2.33. The predicted octanol–water partition coefficient (Wildman–Crippen LogP) is 6.09. The van der Waals surface area contributed by atoms with Crippen molar-refractivity contribution in [2.75, 3.05) is 26.4 Å². The maximum Gasteiger partial charge on any atom is 0.137 e. The lowest BCUT2D eigenvalue weighted by atomic mass is 9.90. The molecule has 0 saturated carbocycles. The molecule has 174 valence electrons. The van der Waals surface area contributed by atoms with Crippen LogP contribution in [0.15, 0.2) is 50.2 Å². The highest BCUT2D eigenvalue weighted by atomic mass is 79.9. The molecule has 2 aromatic heterocycles. The number of hydrogen-bond acceptors (Lipinski definition) is 6. The molecule has 1 N–H and O–H groups in total. The molecular weight excluding hydrogens is 596 g/mol. The van der Waals surface area contributed by atoms with Crippen molar-refractivity contribution in [3.05, 3.63) is 55.9 Å². The van der Waals surface area contributed by atoms with Gasteiger partial charge in [-0.2, -0.15) is 0 Å². The predicted molar refractivity (Wildman–Crippen MR) is 134 cm³/mol. The molecule has 2 fully saturated rings. The minimum Gasteiger partial charge on any atom is -0.383 e. The lowest BCUT2D eigenvalue weighted by Crippen LogP contribution is -2.34. The van der Waals surface area contributed by atoms with Crippen molar-refractivity contribution in [3.8, 4) is 0 Å². The molecule has 2 saturated heterocycles. The molecule has 0 aliphatic carbocycles. The summed E-state index contributed by atoms with van der Waals surface area (Å²) in [5, 5.41) is 10.3. The first-order valence-corrected chi connectivity index (χ1v) is 11.6. The largest absolute Gasteiger partial charge is 0.383 e. The van der Waals surface area contributed by atoms with Gasteiger partial charge >= 0.3 is 0 Å². The fourth-order valence-electron chi connectivity index (χ4n) is 2.62. The van der Waals surface area contributed by atoms with Gasteiger partial charge in [0.1, 0.15) is 25.2 Å². The van der Waals surface area contributed by atoms with E-state index in [-0.39, 0.29) is 14.9 Å².